The second-order valence-electron chi connectivity index (χ2n) is 6.75. The maximum absolute atomic E-state index is 10.9. The number of anilines is 1. The molecule has 1 aromatic carbocycles. The molecule has 8 nitrogen and oxygen atoms in total. The van der Waals surface area contributed by atoms with Gasteiger partial charge in [-0.15, -0.1) is 0 Å². The number of non-ortho nitro benzene ring substituents is 1. The number of benzene rings is 1. The van der Waals surface area contributed by atoms with Crippen LogP contribution in [0.4, 0.5) is 11.5 Å². The lowest BCUT2D eigenvalue weighted by Gasteiger charge is -2.24. The Morgan fingerprint density at radius 2 is 1.86 bits per heavy atom. The topological polar surface area (TPSA) is 99.2 Å². The molecule has 0 N–H and O–H groups in total. The molecule has 0 aliphatic carbocycles. The van der Waals surface area contributed by atoms with E-state index in [1.54, 1.807) is 12.1 Å². The molecule has 0 aliphatic heterocycles. The van der Waals surface area contributed by atoms with Gasteiger partial charge in [0.25, 0.3) is 5.69 Å². The van der Waals surface area contributed by atoms with E-state index in [4.69, 9.17) is 10.2 Å². The minimum absolute atomic E-state index is 0.0370. The lowest BCUT2D eigenvalue weighted by Crippen LogP contribution is -2.29. The molecule has 0 saturated carbocycles. The molecule has 1 aromatic heterocycles. The van der Waals surface area contributed by atoms with Crippen molar-refractivity contribution in [3.05, 3.63) is 46.1 Å². The number of rotatable bonds is 10. The number of nitriles is 1. The number of aryl methyl sites for hydroxylation is 1. The number of nitro groups is 1. The highest BCUT2D eigenvalue weighted by molar-refractivity contribution is 5.60. The third-order valence-electron chi connectivity index (χ3n) is 4.32. The highest BCUT2D eigenvalue weighted by Crippen LogP contribution is 2.23. The maximum Gasteiger partial charge on any atom is 0.269 e. The molecule has 148 valence electrons. The number of aromatic nitrogens is 2. The van der Waals surface area contributed by atoms with Gasteiger partial charge < -0.3 is 9.80 Å². The maximum atomic E-state index is 10.9. The van der Waals surface area contributed by atoms with E-state index in [-0.39, 0.29) is 5.69 Å². The largest absolute Gasteiger partial charge is 0.355 e. The van der Waals surface area contributed by atoms with Crippen molar-refractivity contribution in [2.75, 3.05) is 38.6 Å². The highest BCUT2D eigenvalue weighted by atomic mass is 16.6. The van der Waals surface area contributed by atoms with E-state index < -0.39 is 4.92 Å². The highest BCUT2D eigenvalue weighted by Gasteiger charge is 2.14. The molecule has 0 saturated heterocycles. The van der Waals surface area contributed by atoms with Gasteiger partial charge in [0.1, 0.15) is 5.82 Å². The van der Waals surface area contributed by atoms with Gasteiger partial charge in [-0.1, -0.05) is 6.92 Å². The van der Waals surface area contributed by atoms with E-state index in [1.807, 2.05) is 27.1 Å². The van der Waals surface area contributed by atoms with Crippen molar-refractivity contribution in [3.8, 4) is 17.5 Å². The minimum atomic E-state index is -0.424. The van der Waals surface area contributed by atoms with Crippen molar-refractivity contribution in [1.82, 2.24) is 14.9 Å². The van der Waals surface area contributed by atoms with Crippen LogP contribution >= 0.6 is 0 Å². The van der Waals surface area contributed by atoms with Crippen LogP contribution in [-0.2, 0) is 6.42 Å². The van der Waals surface area contributed by atoms with E-state index in [2.05, 4.69) is 20.9 Å². The van der Waals surface area contributed by atoms with Gasteiger partial charge in [0.05, 0.1) is 17.4 Å². The van der Waals surface area contributed by atoms with Crippen LogP contribution in [0.3, 0.4) is 0 Å². The Kier molecular flexibility index (Phi) is 7.84. The van der Waals surface area contributed by atoms with Crippen molar-refractivity contribution < 1.29 is 4.92 Å². The molecule has 8 heteroatoms. The Bertz CT molecular complexity index is 830. The van der Waals surface area contributed by atoms with Crippen LogP contribution in [0.2, 0.25) is 0 Å². The second kappa shape index (κ2) is 10.3. The summed E-state index contributed by atoms with van der Waals surface area (Å²) in [4.78, 5) is 24.0. The van der Waals surface area contributed by atoms with E-state index >= 15 is 0 Å². The molecule has 0 unspecified atom stereocenters. The second-order valence-corrected chi connectivity index (χ2v) is 6.75. The van der Waals surface area contributed by atoms with E-state index in [9.17, 15) is 10.1 Å². The Morgan fingerprint density at radius 3 is 2.43 bits per heavy atom. The molecule has 0 fully saturated rings. The van der Waals surface area contributed by atoms with Crippen LogP contribution in [0.25, 0.3) is 11.4 Å². The van der Waals surface area contributed by atoms with Gasteiger partial charge >= 0.3 is 0 Å². The molecule has 28 heavy (non-hydrogen) atoms. The van der Waals surface area contributed by atoms with Crippen LogP contribution in [0.15, 0.2) is 30.3 Å². The van der Waals surface area contributed by atoms with Gasteiger partial charge in [0.15, 0.2) is 5.82 Å². The summed E-state index contributed by atoms with van der Waals surface area (Å²) in [7, 11) is 4.07. The first-order valence-electron chi connectivity index (χ1n) is 9.34. The van der Waals surface area contributed by atoms with Crippen molar-refractivity contribution in [2.24, 2.45) is 0 Å². The van der Waals surface area contributed by atoms with Crippen LogP contribution in [0.1, 0.15) is 25.5 Å². The molecule has 2 rings (SSSR count). The average Bonchev–Trinajstić information content (AvgIpc) is 2.70. The smallest absolute Gasteiger partial charge is 0.269 e. The van der Waals surface area contributed by atoms with Crippen molar-refractivity contribution >= 4 is 11.5 Å². The van der Waals surface area contributed by atoms with Crippen molar-refractivity contribution in [3.63, 3.8) is 0 Å². The molecule has 2 aromatic rings. The summed E-state index contributed by atoms with van der Waals surface area (Å²) >= 11 is 0. The molecule has 1 heterocycles. The average molecular weight is 382 g/mol. The third-order valence-corrected chi connectivity index (χ3v) is 4.32. The molecule has 0 radical (unpaired) electrons. The standard InChI is InChI=1S/C20H26N6O2/c1-4-17-15-19(25(13-5-11-21)14-6-12-24(2)3)23-20(22-17)16-7-9-18(10-8-16)26(27)28/h7-10,15H,4-6,12-14H2,1-3H3. The SMILES string of the molecule is CCc1cc(N(CCC#N)CCCN(C)C)nc(-c2ccc([N+](=O)[O-])cc2)n1. The number of nitro benzene ring substituents is 1. The van der Waals surface area contributed by atoms with Gasteiger partial charge in [-0.3, -0.25) is 10.1 Å². The van der Waals surface area contributed by atoms with Gasteiger partial charge in [-0.2, -0.15) is 5.26 Å². The molecule has 0 spiro atoms. The first-order valence-corrected chi connectivity index (χ1v) is 9.34. The first kappa shape index (κ1) is 21.3. The number of hydrogen-bond donors (Lipinski definition) is 0. The van der Waals surface area contributed by atoms with Gasteiger partial charge in [0, 0.05) is 42.5 Å². The summed E-state index contributed by atoms with van der Waals surface area (Å²) in [6, 6.07) is 10.4. The van der Waals surface area contributed by atoms with Gasteiger partial charge in [0.2, 0.25) is 0 Å². The summed E-state index contributed by atoms with van der Waals surface area (Å²) < 4.78 is 0. The quantitative estimate of drug-likeness (QED) is 0.459. The fourth-order valence-corrected chi connectivity index (χ4v) is 2.79. The van der Waals surface area contributed by atoms with Crippen molar-refractivity contribution in [2.45, 2.75) is 26.2 Å². The van der Waals surface area contributed by atoms with Crippen LogP contribution in [-0.4, -0.2) is 53.5 Å². The zero-order valence-electron chi connectivity index (χ0n) is 16.6. The zero-order chi connectivity index (χ0) is 20.5. The lowest BCUT2D eigenvalue weighted by atomic mass is 10.2. The van der Waals surface area contributed by atoms with Crippen LogP contribution < -0.4 is 4.90 Å². The zero-order valence-corrected chi connectivity index (χ0v) is 16.6. The lowest BCUT2D eigenvalue weighted by molar-refractivity contribution is -0.384. The normalized spacial score (nSPS) is 10.7. The molecule has 0 aliphatic rings. The van der Waals surface area contributed by atoms with Crippen LogP contribution in [0, 0.1) is 21.4 Å². The van der Waals surface area contributed by atoms with Gasteiger partial charge in [-0.25, -0.2) is 9.97 Å². The Hall–Kier alpha value is -3.05. The predicted octanol–water partition coefficient (Wildman–Crippen LogP) is 3.29. The predicted molar refractivity (Wildman–Crippen MR) is 109 cm³/mol. The third kappa shape index (κ3) is 5.99. The summed E-state index contributed by atoms with van der Waals surface area (Å²) in [5.74, 6) is 1.33. The Morgan fingerprint density at radius 1 is 1.14 bits per heavy atom. The summed E-state index contributed by atoms with van der Waals surface area (Å²) in [5.41, 5.74) is 1.67. The summed E-state index contributed by atoms with van der Waals surface area (Å²) in [6.45, 7) is 4.37. The minimum Gasteiger partial charge on any atom is -0.355 e. The Labute approximate surface area is 165 Å². The first-order chi connectivity index (χ1) is 13.4. The number of hydrogen-bond acceptors (Lipinski definition) is 7. The monoisotopic (exact) mass is 382 g/mol. The van der Waals surface area contributed by atoms with E-state index in [0.29, 0.717) is 18.8 Å². The fourth-order valence-electron chi connectivity index (χ4n) is 2.79. The van der Waals surface area contributed by atoms with Crippen molar-refractivity contribution in [1.29, 1.82) is 5.26 Å². The molecule has 0 amide bonds. The molecule has 0 bridgehead atoms. The number of nitrogens with zero attached hydrogens (tertiary/aromatic N) is 6. The molecular formula is C20H26N6O2. The van der Waals surface area contributed by atoms with E-state index in [1.165, 1.54) is 12.1 Å². The fraction of sp³-hybridized carbons (Fsp3) is 0.450. The molecular weight excluding hydrogens is 356 g/mol. The van der Waals surface area contributed by atoms with Crippen LogP contribution in [0.5, 0.6) is 0 Å². The van der Waals surface area contributed by atoms with Gasteiger partial charge in [-0.05, 0) is 45.6 Å². The summed E-state index contributed by atoms with van der Waals surface area (Å²) in [5, 5.41) is 19.9. The Balaban J connectivity index is 2.34. The molecule has 0 atom stereocenters. The summed E-state index contributed by atoms with van der Waals surface area (Å²) in [6.07, 6.45) is 2.12. The van der Waals surface area contributed by atoms with E-state index in [0.717, 1.165) is 43.0 Å².